The molecule has 2 aromatic rings. The van der Waals surface area contributed by atoms with Gasteiger partial charge in [-0.3, -0.25) is 9.89 Å². The molecule has 1 saturated heterocycles. The lowest BCUT2D eigenvalue weighted by Crippen LogP contribution is -2.42. The molecule has 3 rings (SSSR count). The van der Waals surface area contributed by atoms with Crippen molar-refractivity contribution in [1.82, 2.24) is 25.4 Å². The monoisotopic (exact) mass is 359 g/mol. The number of nitrogens with zero attached hydrogens (tertiary/aromatic N) is 3. The summed E-state index contributed by atoms with van der Waals surface area (Å²) in [5.41, 5.74) is 2.25. The van der Waals surface area contributed by atoms with Gasteiger partial charge in [-0.15, -0.1) is 24.8 Å². The van der Waals surface area contributed by atoms with E-state index in [1.54, 1.807) is 6.20 Å². The summed E-state index contributed by atoms with van der Waals surface area (Å²) in [5, 5.41) is 11.3. The number of halogens is 2. The predicted molar refractivity (Wildman–Crippen MR) is 95.7 cm³/mol. The first-order valence-electron chi connectivity index (χ1n) is 7.53. The molecule has 2 N–H and O–H groups in total. The lowest BCUT2D eigenvalue weighted by atomic mass is 10.1. The van der Waals surface area contributed by atoms with Crippen LogP contribution in [-0.4, -0.2) is 51.7 Å². The summed E-state index contributed by atoms with van der Waals surface area (Å²) >= 11 is 0. The highest BCUT2D eigenvalue weighted by atomic mass is 35.5. The zero-order valence-corrected chi connectivity index (χ0v) is 15.0. The second-order valence-electron chi connectivity index (χ2n) is 5.59. The average molecular weight is 360 g/mol. The molecule has 0 aliphatic carbocycles. The molecule has 1 aliphatic heterocycles. The largest absolute Gasteiger partial charge is 0.334 e. The normalized spacial score (nSPS) is 16.7. The molecule has 0 radical (unpaired) electrons. The maximum absolute atomic E-state index is 12.8. The third kappa shape index (κ3) is 3.94. The van der Waals surface area contributed by atoms with E-state index in [2.05, 4.69) is 27.4 Å². The Hall–Kier alpha value is -1.37. The first kappa shape index (κ1) is 19.7. The Labute approximate surface area is 148 Å². The number of rotatable bonds is 4. The maximum Gasteiger partial charge on any atom is 0.255 e. The van der Waals surface area contributed by atoms with Crippen LogP contribution in [0.5, 0.6) is 0 Å². The second kappa shape index (κ2) is 8.47. The van der Waals surface area contributed by atoms with E-state index in [1.165, 1.54) is 0 Å². The fourth-order valence-electron chi connectivity index (χ4n) is 2.90. The van der Waals surface area contributed by atoms with Gasteiger partial charge in [0.15, 0.2) is 5.65 Å². The molecular weight excluding hydrogens is 337 g/mol. The number of pyridine rings is 1. The van der Waals surface area contributed by atoms with E-state index < -0.39 is 0 Å². The van der Waals surface area contributed by atoms with E-state index in [1.807, 2.05) is 17.9 Å². The number of hydrogen-bond acceptors (Lipinski definition) is 4. The second-order valence-corrected chi connectivity index (χ2v) is 5.59. The van der Waals surface area contributed by atoms with Gasteiger partial charge in [0, 0.05) is 36.4 Å². The van der Waals surface area contributed by atoms with Crippen molar-refractivity contribution < 1.29 is 4.79 Å². The van der Waals surface area contributed by atoms with Crippen LogP contribution in [0.15, 0.2) is 12.3 Å². The van der Waals surface area contributed by atoms with Crippen molar-refractivity contribution in [2.75, 3.05) is 19.6 Å². The van der Waals surface area contributed by atoms with Crippen LogP contribution < -0.4 is 5.32 Å². The molecule has 1 amide bonds. The van der Waals surface area contributed by atoms with Crippen LogP contribution in [0.1, 0.15) is 35.8 Å². The predicted octanol–water partition coefficient (Wildman–Crippen LogP) is 2.32. The highest BCUT2D eigenvalue weighted by Crippen LogP contribution is 2.18. The minimum absolute atomic E-state index is 0. The van der Waals surface area contributed by atoms with Crippen LogP contribution in [0.2, 0.25) is 0 Å². The van der Waals surface area contributed by atoms with Gasteiger partial charge in [-0.2, -0.15) is 5.10 Å². The lowest BCUT2D eigenvalue weighted by molar-refractivity contribution is 0.0692. The maximum atomic E-state index is 12.8. The summed E-state index contributed by atoms with van der Waals surface area (Å²) < 4.78 is 0. The Morgan fingerprint density at radius 2 is 2.22 bits per heavy atom. The Bertz CT molecular complexity index is 654. The number of amides is 1. The number of aryl methyl sites for hydroxylation is 1. The van der Waals surface area contributed by atoms with Gasteiger partial charge in [0.05, 0.1) is 5.56 Å². The van der Waals surface area contributed by atoms with Gasteiger partial charge in [-0.25, -0.2) is 4.98 Å². The van der Waals surface area contributed by atoms with Crippen LogP contribution in [0.25, 0.3) is 11.0 Å². The van der Waals surface area contributed by atoms with Gasteiger partial charge in [0.25, 0.3) is 5.91 Å². The fraction of sp³-hybridized carbons (Fsp3) is 0.533. The highest BCUT2D eigenvalue weighted by Gasteiger charge is 2.27. The first-order valence-corrected chi connectivity index (χ1v) is 7.53. The van der Waals surface area contributed by atoms with E-state index >= 15 is 0 Å². The summed E-state index contributed by atoms with van der Waals surface area (Å²) in [4.78, 5) is 19.1. The minimum Gasteiger partial charge on any atom is -0.334 e. The van der Waals surface area contributed by atoms with Crippen molar-refractivity contribution in [3.63, 3.8) is 0 Å². The van der Waals surface area contributed by atoms with Crippen LogP contribution >= 0.6 is 24.8 Å². The van der Waals surface area contributed by atoms with E-state index in [0.29, 0.717) is 17.3 Å². The van der Waals surface area contributed by atoms with Crippen LogP contribution in [0, 0.1) is 6.92 Å². The topological polar surface area (TPSA) is 73.9 Å². The van der Waals surface area contributed by atoms with Crippen molar-refractivity contribution >= 4 is 41.8 Å². The fourth-order valence-corrected chi connectivity index (χ4v) is 2.90. The molecule has 0 aromatic carbocycles. The molecule has 1 fully saturated rings. The molecule has 0 spiro atoms. The van der Waals surface area contributed by atoms with Gasteiger partial charge in [-0.1, -0.05) is 6.92 Å². The number of nitrogens with one attached hydrogen (secondary N) is 2. The smallest absolute Gasteiger partial charge is 0.255 e. The molecule has 1 aliphatic rings. The average Bonchev–Trinajstić information content (AvgIpc) is 3.14. The molecule has 1 unspecified atom stereocenters. The van der Waals surface area contributed by atoms with Gasteiger partial charge in [0.1, 0.15) is 0 Å². The first-order chi connectivity index (χ1) is 10.2. The molecule has 0 saturated carbocycles. The third-order valence-corrected chi connectivity index (χ3v) is 4.05. The van der Waals surface area contributed by atoms with Gasteiger partial charge < -0.3 is 10.2 Å². The number of aromatic nitrogens is 3. The van der Waals surface area contributed by atoms with Crippen molar-refractivity contribution in [2.45, 2.75) is 32.7 Å². The van der Waals surface area contributed by atoms with Gasteiger partial charge in [0.2, 0.25) is 0 Å². The van der Waals surface area contributed by atoms with Crippen molar-refractivity contribution in [3.8, 4) is 0 Å². The summed E-state index contributed by atoms with van der Waals surface area (Å²) in [6, 6.07) is 2.19. The Kier molecular flexibility index (Phi) is 7.25. The molecule has 2 aromatic heterocycles. The quantitative estimate of drug-likeness (QED) is 0.878. The van der Waals surface area contributed by atoms with E-state index in [9.17, 15) is 4.79 Å². The molecule has 23 heavy (non-hydrogen) atoms. The van der Waals surface area contributed by atoms with E-state index in [4.69, 9.17) is 0 Å². The summed E-state index contributed by atoms with van der Waals surface area (Å²) in [6.45, 7) is 6.69. The molecule has 8 heteroatoms. The molecule has 6 nitrogen and oxygen atoms in total. The molecule has 128 valence electrons. The van der Waals surface area contributed by atoms with Crippen LogP contribution in [0.3, 0.4) is 0 Å². The molecule has 0 bridgehead atoms. The van der Waals surface area contributed by atoms with Gasteiger partial charge in [-0.05, 0) is 32.4 Å². The number of carbonyl (C=O) groups excluding carboxylic acids is 1. The van der Waals surface area contributed by atoms with Crippen LogP contribution in [-0.2, 0) is 0 Å². The van der Waals surface area contributed by atoms with Crippen molar-refractivity contribution in [1.29, 1.82) is 0 Å². The number of hydrogen-bond donors (Lipinski definition) is 2. The summed E-state index contributed by atoms with van der Waals surface area (Å²) in [5.74, 6) is 0.0700. The Balaban J connectivity index is 0.00000132. The lowest BCUT2D eigenvalue weighted by Gasteiger charge is -2.28. The molecular formula is C15H23Cl2N5O. The minimum atomic E-state index is 0. The van der Waals surface area contributed by atoms with E-state index in [0.717, 1.165) is 43.6 Å². The Morgan fingerprint density at radius 1 is 1.43 bits per heavy atom. The molecule has 3 heterocycles. The Morgan fingerprint density at radius 3 is 2.87 bits per heavy atom. The standard InChI is InChI=1S/C15H21N5O.2ClH/c1-3-6-20(12-4-5-16-9-12)15(21)11-7-13-10(2)18-19-14(13)17-8-11;;/h7-8,12,16H,3-6,9H2,1-2H3,(H,17,18,19);2*1H. The number of H-pyrrole nitrogens is 1. The zero-order valence-electron chi connectivity index (χ0n) is 13.3. The highest BCUT2D eigenvalue weighted by molar-refractivity contribution is 5.97. The summed E-state index contributed by atoms with van der Waals surface area (Å²) in [7, 11) is 0. The number of fused-ring (bicyclic) bond motifs is 1. The van der Waals surface area contributed by atoms with Gasteiger partial charge >= 0.3 is 0 Å². The number of carbonyl (C=O) groups is 1. The van der Waals surface area contributed by atoms with Crippen LogP contribution in [0.4, 0.5) is 0 Å². The van der Waals surface area contributed by atoms with E-state index in [-0.39, 0.29) is 30.7 Å². The third-order valence-electron chi connectivity index (χ3n) is 4.05. The molecule has 1 atom stereocenters. The number of aromatic amines is 1. The van der Waals surface area contributed by atoms with Crippen molar-refractivity contribution in [2.24, 2.45) is 0 Å². The SMILES string of the molecule is CCCN(C(=O)c1cnc2n[nH]c(C)c2c1)C1CCNC1.Cl.Cl. The summed E-state index contributed by atoms with van der Waals surface area (Å²) in [6.07, 6.45) is 3.62. The zero-order chi connectivity index (χ0) is 14.8. The van der Waals surface area contributed by atoms with Crippen molar-refractivity contribution in [3.05, 3.63) is 23.5 Å².